The molecule has 332 valence electrons. The number of ether oxygens (including phenoxy) is 2. The Morgan fingerprint density at radius 2 is 1.06 bits per heavy atom. The van der Waals surface area contributed by atoms with Crippen molar-refractivity contribution in [2.45, 2.75) is 69.1 Å². The number of nitrogens with two attached hydrogens (primary N) is 1. The first-order valence-corrected chi connectivity index (χ1v) is 22.5. The summed E-state index contributed by atoms with van der Waals surface area (Å²) in [5.74, 6) is 1.57. The first-order valence-electron chi connectivity index (χ1n) is 22.5. The molecule has 2 N–H and O–H groups in total. The number of carbonyl (C=O) groups is 2. The molecule has 2 fully saturated rings. The average molecular weight is 862 g/mol. The predicted octanol–water partition coefficient (Wildman–Crippen LogP) is 7.94. The number of nitrogens with zero attached hydrogens (tertiary/aromatic N) is 8. The fourth-order valence-corrected chi connectivity index (χ4v) is 10.0. The van der Waals surface area contributed by atoms with Crippen LogP contribution in [0.25, 0.3) is 44.1 Å². The molecule has 13 heteroatoms. The van der Waals surface area contributed by atoms with Crippen LogP contribution in [-0.4, -0.2) is 110 Å². The number of likely N-dealkylation sites (N-methyl/N-ethyl adjacent to an activating group) is 2. The number of hydrogen-bond acceptors (Lipinski definition) is 11. The molecule has 64 heavy (non-hydrogen) atoms. The van der Waals surface area contributed by atoms with Crippen molar-refractivity contribution in [1.82, 2.24) is 29.7 Å². The third-order valence-electron chi connectivity index (χ3n) is 13.8. The van der Waals surface area contributed by atoms with Crippen LogP contribution in [0.3, 0.4) is 0 Å². The molecule has 2 spiro atoms. The number of carbonyl (C=O) groups excluding carboxylic acids is 2. The summed E-state index contributed by atoms with van der Waals surface area (Å²) in [4.78, 5) is 52.3. The maximum Gasteiger partial charge on any atom is 0.237 e. The van der Waals surface area contributed by atoms with E-state index in [0.717, 1.165) is 137 Å². The molecule has 2 saturated carbocycles. The Balaban J connectivity index is 0.000000162. The summed E-state index contributed by atoms with van der Waals surface area (Å²) in [6.07, 6.45) is 15.1. The fourth-order valence-electron chi connectivity index (χ4n) is 10.0. The molecular weight excluding hydrogens is 803 g/mol. The predicted molar refractivity (Wildman–Crippen MR) is 254 cm³/mol. The van der Waals surface area contributed by atoms with Crippen molar-refractivity contribution in [3.8, 4) is 34.0 Å². The summed E-state index contributed by atoms with van der Waals surface area (Å²) in [5, 5.41) is 2.12. The summed E-state index contributed by atoms with van der Waals surface area (Å²) >= 11 is 0. The molecule has 0 atom stereocenters. The van der Waals surface area contributed by atoms with E-state index in [1.54, 1.807) is 16.0 Å². The topological polar surface area (TPSA) is 143 Å². The van der Waals surface area contributed by atoms with Crippen LogP contribution in [0, 0.1) is 6.92 Å². The molecular formula is C51H59N9O4. The Kier molecular flexibility index (Phi) is 11.5. The second-order valence-electron chi connectivity index (χ2n) is 18.6. The molecule has 2 aromatic carbocycles. The van der Waals surface area contributed by atoms with Crippen molar-refractivity contribution < 1.29 is 19.1 Å². The Morgan fingerprint density at radius 3 is 1.48 bits per heavy atom. The summed E-state index contributed by atoms with van der Waals surface area (Å²) in [5.41, 5.74) is 17.1. The molecule has 6 heterocycles. The van der Waals surface area contributed by atoms with Crippen molar-refractivity contribution in [2.75, 3.05) is 84.1 Å². The first-order chi connectivity index (χ1) is 30.8. The van der Waals surface area contributed by atoms with Gasteiger partial charge in [-0.15, -0.1) is 0 Å². The number of amides is 2. The summed E-state index contributed by atoms with van der Waals surface area (Å²) in [6, 6.07) is 16.5. The Morgan fingerprint density at radius 1 is 0.609 bits per heavy atom. The Bertz CT molecular complexity index is 2590. The standard InChI is InChI=1S/C26H30N4O2.C25H29N5O2/c1-17-13-19(15-28-24(17)32-12-6-11-29(2)3)18-7-8-21-20(14-18)23-22(16-27-21)30(4)25(31)26(23)9-5-10-26;1-29(2)10-5-11-32-23-19(26)13-17(14-28-23)16-6-7-20-18(12-16)22-21(15-27-20)30(3)24(31)25(22)8-4-9-25/h7-8,13-16H,5-6,9-12H2,1-4H3;6-7,12-15H,4-5,8-11,26H2,1-3H3. The van der Waals surface area contributed by atoms with E-state index in [9.17, 15) is 9.59 Å². The van der Waals surface area contributed by atoms with Crippen molar-refractivity contribution in [1.29, 1.82) is 0 Å². The van der Waals surface area contributed by atoms with E-state index in [2.05, 4.69) is 74.2 Å². The largest absolute Gasteiger partial charge is 0.477 e. The van der Waals surface area contributed by atoms with Crippen LogP contribution in [0.15, 0.2) is 73.3 Å². The van der Waals surface area contributed by atoms with E-state index in [0.29, 0.717) is 30.7 Å². The van der Waals surface area contributed by atoms with Gasteiger partial charge in [-0.3, -0.25) is 19.6 Å². The fraction of sp³-hybridized carbons (Fsp3) is 0.412. The van der Waals surface area contributed by atoms with E-state index in [1.165, 1.54) is 0 Å². The number of fused-ring (bicyclic) bond motifs is 8. The lowest BCUT2D eigenvalue weighted by molar-refractivity contribution is -0.126. The molecule has 2 aliphatic heterocycles. The normalized spacial score (nSPS) is 16.6. The molecule has 2 amide bonds. The molecule has 13 nitrogen and oxygen atoms in total. The van der Waals surface area contributed by atoms with Gasteiger partial charge in [0.2, 0.25) is 23.6 Å². The summed E-state index contributed by atoms with van der Waals surface area (Å²) in [7, 11) is 11.9. The summed E-state index contributed by atoms with van der Waals surface area (Å²) < 4.78 is 11.7. The van der Waals surface area contributed by atoms with Gasteiger partial charge in [0.15, 0.2) is 0 Å². The van der Waals surface area contributed by atoms with Crippen LogP contribution < -0.4 is 25.0 Å². The van der Waals surface area contributed by atoms with Crippen molar-refractivity contribution in [3.05, 3.63) is 90.0 Å². The number of anilines is 3. The number of rotatable bonds is 12. The van der Waals surface area contributed by atoms with Gasteiger partial charge in [0, 0.05) is 78.2 Å². The highest BCUT2D eigenvalue weighted by Gasteiger charge is 2.55. The molecule has 4 aliphatic rings. The van der Waals surface area contributed by atoms with E-state index in [-0.39, 0.29) is 22.6 Å². The minimum Gasteiger partial charge on any atom is -0.477 e. The SMILES string of the molecule is CN(C)CCCOc1ncc(-c2ccc3ncc4c(c3c2)C2(CCC2)C(=O)N4C)cc1N.Cc1cc(-c2ccc3ncc4c(c3c2)C2(CCC2)C(=O)N4C)cnc1OCCCN(C)C. The highest BCUT2D eigenvalue weighted by atomic mass is 16.5. The van der Waals surface area contributed by atoms with Gasteiger partial charge in [-0.1, -0.05) is 25.0 Å². The molecule has 10 rings (SSSR count). The third-order valence-corrected chi connectivity index (χ3v) is 13.8. The number of hydrogen-bond donors (Lipinski definition) is 1. The number of nitrogen functional groups attached to an aromatic ring is 1. The lowest BCUT2D eigenvalue weighted by Gasteiger charge is -2.37. The quantitative estimate of drug-likeness (QED) is 0.120. The Labute approximate surface area is 375 Å². The zero-order chi connectivity index (χ0) is 44.9. The highest BCUT2D eigenvalue weighted by molar-refractivity contribution is 6.14. The molecule has 0 saturated heterocycles. The average Bonchev–Trinajstić information content (AvgIpc) is 3.64. The molecule has 0 radical (unpaired) electrons. The van der Waals surface area contributed by atoms with Crippen LogP contribution in [-0.2, 0) is 20.4 Å². The van der Waals surface area contributed by atoms with Crippen molar-refractivity contribution in [2.24, 2.45) is 0 Å². The molecule has 6 aromatic rings. The van der Waals surface area contributed by atoms with Gasteiger partial charge in [0.25, 0.3) is 0 Å². The monoisotopic (exact) mass is 861 g/mol. The van der Waals surface area contributed by atoms with Gasteiger partial charge in [-0.25, -0.2) is 9.97 Å². The second-order valence-corrected chi connectivity index (χ2v) is 18.6. The van der Waals surface area contributed by atoms with E-state index in [1.807, 2.05) is 71.9 Å². The van der Waals surface area contributed by atoms with E-state index in [4.69, 9.17) is 15.2 Å². The molecule has 0 unspecified atom stereocenters. The van der Waals surface area contributed by atoms with Crippen LogP contribution in [0.5, 0.6) is 11.8 Å². The maximum absolute atomic E-state index is 13.1. The smallest absolute Gasteiger partial charge is 0.237 e. The van der Waals surface area contributed by atoms with Crippen LogP contribution in [0.2, 0.25) is 0 Å². The lowest BCUT2D eigenvalue weighted by atomic mass is 9.64. The Hall–Kier alpha value is -6.18. The van der Waals surface area contributed by atoms with Crippen LogP contribution in [0.4, 0.5) is 17.1 Å². The summed E-state index contributed by atoms with van der Waals surface area (Å²) in [6.45, 7) is 5.21. The third kappa shape index (κ3) is 7.47. The van der Waals surface area contributed by atoms with Gasteiger partial charge >= 0.3 is 0 Å². The number of pyridine rings is 4. The van der Waals surface area contributed by atoms with Gasteiger partial charge in [-0.05, 0) is 121 Å². The molecule has 2 aliphatic carbocycles. The minimum absolute atomic E-state index is 0.195. The number of aromatic nitrogens is 4. The van der Waals surface area contributed by atoms with E-state index < -0.39 is 0 Å². The van der Waals surface area contributed by atoms with Crippen LogP contribution >= 0.6 is 0 Å². The molecule has 4 aromatic heterocycles. The number of aryl methyl sites for hydroxylation is 1. The minimum atomic E-state index is -0.384. The highest BCUT2D eigenvalue weighted by Crippen LogP contribution is 2.56. The number of benzene rings is 2. The molecule has 0 bridgehead atoms. The van der Waals surface area contributed by atoms with Gasteiger partial charge in [0.1, 0.15) is 0 Å². The van der Waals surface area contributed by atoms with Gasteiger partial charge in [-0.2, -0.15) is 0 Å². The van der Waals surface area contributed by atoms with Crippen LogP contribution in [0.1, 0.15) is 68.1 Å². The lowest BCUT2D eigenvalue weighted by Crippen LogP contribution is -2.43. The van der Waals surface area contributed by atoms with Gasteiger partial charge in [0.05, 0.1) is 64.5 Å². The van der Waals surface area contributed by atoms with Crippen molar-refractivity contribution in [3.63, 3.8) is 0 Å². The van der Waals surface area contributed by atoms with E-state index >= 15 is 0 Å². The van der Waals surface area contributed by atoms with Crippen molar-refractivity contribution >= 4 is 50.7 Å². The second kappa shape index (κ2) is 17.1. The van der Waals surface area contributed by atoms with Gasteiger partial charge < -0.3 is 34.8 Å². The zero-order valence-electron chi connectivity index (χ0n) is 38.2. The first kappa shape index (κ1) is 43.1. The zero-order valence-corrected chi connectivity index (χ0v) is 38.2. The maximum atomic E-state index is 13.1.